The molecule has 0 aliphatic rings. The van der Waals surface area contributed by atoms with Crippen LogP contribution >= 0.6 is 0 Å². The Bertz CT molecular complexity index is 350. The lowest BCUT2D eigenvalue weighted by atomic mass is 10.1. The molecule has 0 amide bonds. The molecule has 1 aromatic carbocycles. The second kappa shape index (κ2) is 3.43. The zero-order valence-corrected chi connectivity index (χ0v) is 7.43. The van der Waals surface area contributed by atoms with E-state index in [1.54, 1.807) is 6.92 Å². The topological polar surface area (TPSA) is 52.3 Å². The summed E-state index contributed by atoms with van der Waals surface area (Å²) in [6, 6.07) is 2.99. The summed E-state index contributed by atoms with van der Waals surface area (Å²) in [6.45, 7) is 1.56. The molecule has 1 rings (SSSR count). The number of nitrogens with two attached hydrogens (primary N) is 1. The Balaban J connectivity index is 3.33. The summed E-state index contributed by atoms with van der Waals surface area (Å²) in [6.07, 6.45) is 0. The molecule has 2 N–H and O–H groups in total. The number of halogens is 1. The van der Waals surface area contributed by atoms with Gasteiger partial charge in [-0.3, -0.25) is 0 Å². The lowest BCUT2D eigenvalue weighted by Gasteiger charge is -2.06. The second-order valence-corrected chi connectivity index (χ2v) is 2.65. The first-order valence-corrected chi connectivity index (χ1v) is 3.70. The second-order valence-electron chi connectivity index (χ2n) is 2.65. The molecule has 13 heavy (non-hydrogen) atoms. The van der Waals surface area contributed by atoms with Crippen molar-refractivity contribution in [2.24, 2.45) is 0 Å². The smallest absolute Gasteiger partial charge is 0.342 e. The van der Waals surface area contributed by atoms with Gasteiger partial charge in [0.1, 0.15) is 11.4 Å². The molecule has 0 unspecified atom stereocenters. The number of esters is 1. The van der Waals surface area contributed by atoms with Crippen LogP contribution in [-0.4, -0.2) is 13.1 Å². The number of carbonyl (C=O) groups excluding carboxylic acids is 1. The molecule has 1 aromatic rings. The predicted molar refractivity (Wildman–Crippen MR) is 46.9 cm³/mol. The van der Waals surface area contributed by atoms with Crippen LogP contribution in [0.4, 0.5) is 10.1 Å². The molecule has 0 atom stereocenters. The molecule has 0 saturated heterocycles. The first-order valence-electron chi connectivity index (χ1n) is 3.70. The standard InChI is InChI=1S/C9H10FNO2/c1-5-3-4-6(11)7(8(5)10)9(12)13-2/h3-4H,11H2,1-2H3. The van der Waals surface area contributed by atoms with Gasteiger partial charge in [-0.2, -0.15) is 0 Å². The van der Waals surface area contributed by atoms with Gasteiger partial charge in [0.05, 0.1) is 7.11 Å². The molecule has 0 aromatic heterocycles. The molecular formula is C9H10FNO2. The highest BCUT2D eigenvalue weighted by Crippen LogP contribution is 2.19. The van der Waals surface area contributed by atoms with Gasteiger partial charge in [-0.15, -0.1) is 0 Å². The number of benzene rings is 1. The van der Waals surface area contributed by atoms with E-state index in [9.17, 15) is 9.18 Å². The van der Waals surface area contributed by atoms with Gasteiger partial charge in [-0.25, -0.2) is 9.18 Å². The maximum atomic E-state index is 13.3. The van der Waals surface area contributed by atoms with Crippen molar-refractivity contribution in [3.63, 3.8) is 0 Å². The highest BCUT2D eigenvalue weighted by molar-refractivity contribution is 5.95. The summed E-state index contributed by atoms with van der Waals surface area (Å²) in [5.41, 5.74) is 5.70. The van der Waals surface area contributed by atoms with Crippen LogP contribution in [0.3, 0.4) is 0 Å². The Hall–Kier alpha value is -1.58. The minimum absolute atomic E-state index is 0.0925. The van der Waals surface area contributed by atoms with Crippen molar-refractivity contribution in [3.8, 4) is 0 Å². The van der Waals surface area contributed by atoms with Crippen LogP contribution in [0.1, 0.15) is 15.9 Å². The maximum absolute atomic E-state index is 13.3. The molecule has 0 fully saturated rings. The number of nitrogen functional groups attached to an aromatic ring is 1. The van der Waals surface area contributed by atoms with Gasteiger partial charge in [0.25, 0.3) is 0 Å². The molecule has 0 saturated carbocycles. The summed E-state index contributed by atoms with van der Waals surface area (Å²) >= 11 is 0. The Labute approximate surface area is 75.3 Å². The van der Waals surface area contributed by atoms with Crippen molar-refractivity contribution in [2.45, 2.75) is 6.92 Å². The Morgan fingerprint density at radius 1 is 1.54 bits per heavy atom. The van der Waals surface area contributed by atoms with Crippen molar-refractivity contribution in [1.82, 2.24) is 0 Å². The molecule has 0 spiro atoms. The molecule has 70 valence electrons. The molecule has 0 bridgehead atoms. The zero-order valence-electron chi connectivity index (χ0n) is 7.43. The lowest BCUT2D eigenvalue weighted by Crippen LogP contribution is -2.09. The fourth-order valence-electron chi connectivity index (χ4n) is 1.00. The van der Waals surface area contributed by atoms with Crippen LogP contribution in [0.15, 0.2) is 12.1 Å². The third-order valence-corrected chi connectivity index (χ3v) is 1.76. The highest BCUT2D eigenvalue weighted by Gasteiger charge is 2.17. The third kappa shape index (κ3) is 1.61. The Morgan fingerprint density at radius 3 is 2.69 bits per heavy atom. The SMILES string of the molecule is COC(=O)c1c(N)ccc(C)c1F. The summed E-state index contributed by atoms with van der Waals surface area (Å²) in [5, 5.41) is 0. The number of hydrogen-bond donors (Lipinski definition) is 1. The van der Waals surface area contributed by atoms with Crippen molar-refractivity contribution < 1.29 is 13.9 Å². The number of ether oxygens (including phenoxy) is 1. The molecule has 0 aliphatic carbocycles. The summed E-state index contributed by atoms with van der Waals surface area (Å²) in [7, 11) is 1.18. The molecule has 0 radical (unpaired) electrons. The number of aryl methyl sites for hydroxylation is 1. The number of hydrogen-bond acceptors (Lipinski definition) is 3. The van der Waals surface area contributed by atoms with Crippen molar-refractivity contribution in [1.29, 1.82) is 0 Å². The van der Waals surface area contributed by atoms with Crippen LogP contribution < -0.4 is 5.73 Å². The van der Waals surface area contributed by atoms with Crippen LogP contribution in [0.25, 0.3) is 0 Å². The average molecular weight is 183 g/mol. The zero-order chi connectivity index (χ0) is 10.0. The largest absolute Gasteiger partial charge is 0.465 e. The van der Waals surface area contributed by atoms with Gasteiger partial charge < -0.3 is 10.5 Å². The fourth-order valence-corrected chi connectivity index (χ4v) is 1.00. The normalized spacial score (nSPS) is 9.77. The van der Waals surface area contributed by atoms with E-state index in [1.807, 2.05) is 0 Å². The minimum Gasteiger partial charge on any atom is -0.465 e. The van der Waals surface area contributed by atoms with E-state index in [4.69, 9.17) is 5.73 Å². The van der Waals surface area contributed by atoms with Crippen LogP contribution in [0, 0.1) is 12.7 Å². The number of methoxy groups -OCH3 is 1. The van der Waals surface area contributed by atoms with Crippen molar-refractivity contribution in [2.75, 3.05) is 12.8 Å². The Morgan fingerprint density at radius 2 is 2.15 bits per heavy atom. The maximum Gasteiger partial charge on any atom is 0.342 e. The first-order chi connectivity index (χ1) is 6.07. The van der Waals surface area contributed by atoms with Crippen LogP contribution in [-0.2, 0) is 4.74 Å². The van der Waals surface area contributed by atoms with Gasteiger partial charge in [-0.1, -0.05) is 6.07 Å². The van der Waals surface area contributed by atoms with E-state index in [0.29, 0.717) is 5.56 Å². The average Bonchev–Trinajstić information content (AvgIpc) is 2.12. The van der Waals surface area contributed by atoms with E-state index < -0.39 is 11.8 Å². The molecule has 4 heteroatoms. The number of carbonyl (C=O) groups is 1. The van der Waals surface area contributed by atoms with Crippen molar-refractivity contribution >= 4 is 11.7 Å². The Kier molecular flexibility index (Phi) is 2.51. The van der Waals surface area contributed by atoms with Crippen LogP contribution in [0.2, 0.25) is 0 Å². The number of rotatable bonds is 1. The first kappa shape index (κ1) is 9.51. The quantitative estimate of drug-likeness (QED) is 0.530. The van der Waals surface area contributed by atoms with E-state index >= 15 is 0 Å². The van der Waals surface area contributed by atoms with Crippen molar-refractivity contribution in [3.05, 3.63) is 29.1 Å². The monoisotopic (exact) mass is 183 g/mol. The van der Waals surface area contributed by atoms with Gasteiger partial charge >= 0.3 is 5.97 Å². The van der Waals surface area contributed by atoms with E-state index in [-0.39, 0.29) is 11.3 Å². The van der Waals surface area contributed by atoms with Gasteiger partial charge in [0.15, 0.2) is 0 Å². The molecular weight excluding hydrogens is 173 g/mol. The summed E-state index contributed by atoms with van der Waals surface area (Å²) in [5.74, 6) is -1.37. The fraction of sp³-hybridized carbons (Fsp3) is 0.222. The predicted octanol–water partition coefficient (Wildman–Crippen LogP) is 1.50. The minimum atomic E-state index is -0.751. The molecule has 3 nitrogen and oxygen atoms in total. The van der Waals surface area contributed by atoms with Gasteiger partial charge in [0, 0.05) is 5.69 Å². The van der Waals surface area contributed by atoms with E-state index in [0.717, 1.165) is 0 Å². The third-order valence-electron chi connectivity index (χ3n) is 1.76. The number of anilines is 1. The molecule has 0 heterocycles. The van der Waals surface area contributed by atoms with Gasteiger partial charge in [0.2, 0.25) is 0 Å². The highest BCUT2D eigenvalue weighted by atomic mass is 19.1. The summed E-state index contributed by atoms with van der Waals surface area (Å²) < 4.78 is 17.7. The van der Waals surface area contributed by atoms with E-state index in [2.05, 4.69) is 4.74 Å². The summed E-state index contributed by atoms with van der Waals surface area (Å²) in [4.78, 5) is 11.1. The molecule has 0 aliphatic heterocycles. The van der Waals surface area contributed by atoms with Gasteiger partial charge in [-0.05, 0) is 18.6 Å². The van der Waals surface area contributed by atoms with Crippen LogP contribution in [0.5, 0.6) is 0 Å². The lowest BCUT2D eigenvalue weighted by molar-refractivity contribution is 0.0596. The van der Waals surface area contributed by atoms with E-state index in [1.165, 1.54) is 19.2 Å².